The number of nitrogens with zero attached hydrogens (tertiary/aromatic N) is 2. The van der Waals surface area contributed by atoms with Crippen LogP contribution in [-0.4, -0.2) is 30.1 Å². The Kier molecular flexibility index (Phi) is 3.67. The Labute approximate surface area is 110 Å². The summed E-state index contributed by atoms with van der Waals surface area (Å²) in [6.45, 7) is 0.603. The number of nitrogen functional groups attached to an aromatic ring is 1. The number of hydrogen-bond acceptors (Lipinski definition) is 6. The number of primary sulfonamides is 1. The van der Waals surface area contributed by atoms with E-state index in [1.807, 2.05) is 0 Å². The highest BCUT2D eigenvalue weighted by atomic mass is 32.2. The van der Waals surface area contributed by atoms with Gasteiger partial charge in [-0.15, -0.1) is 5.10 Å². The summed E-state index contributed by atoms with van der Waals surface area (Å²) in [5, 5.41) is 14.3. The van der Waals surface area contributed by atoms with Crippen LogP contribution in [0.2, 0.25) is 0 Å². The summed E-state index contributed by atoms with van der Waals surface area (Å²) in [7, 11) is -3.63. The maximum absolute atomic E-state index is 11.1. The number of H-pyrrole nitrogens is 1. The molecule has 2 rings (SSSR count). The maximum Gasteiger partial charge on any atom is 0.243 e. The highest BCUT2D eigenvalue weighted by Gasteiger charge is 2.06. The van der Waals surface area contributed by atoms with Gasteiger partial charge in [0.25, 0.3) is 0 Å². The van der Waals surface area contributed by atoms with Crippen LogP contribution in [0.3, 0.4) is 0 Å². The second-order valence-corrected chi connectivity index (χ2v) is 5.47. The van der Waals surface area contributed by atoms with Crippen LogP contribution in [0.5, 0.6) is 0 Å². The molecule has 0 aliphatic carbocycles. The van der Waals surface area contributed by atoms with Crippen LogP contribution in [-0.2, 0) is 16.4 Å². The molecule has 6 N–H and O–H groups in total. The van der Waals surface area contributed by atoms with Gasteiger partial charge in [0.2, 0.25) is 21.9 Å². The van der Waals surface area contributed by atoms with Crippen molar-refractivity contribution in [1.82, 2.24) is 15.2 Å². The lowest BCUT2D eigenvalue weighted by Crippen LogP contribution is -2.12. The quantitative estimate of drug-likeness (QED) is 0.593. The van der Waals surface area contributed by atoms with Gasteiger partial charge in [0.15, 0.2) is 0 Å². The van der Waals surface area contributed by atoms with Gasteiger partial charge in [-0.05, 0) is 24.1 Å². The summed E-state index contributed by atoms with van der Waals surface area (Å²) >= 11 is 0. The molecule has 1 aromatic carbocycles. The lowest BCUT2D eigenvalue weighted by Gasteiger charge is -2.03. The van der Waals surface area contributed by atoms with Crippen molar-refractivity contribution in [3.8, 4) is 0 Å². The van der Waals surface area contributed by atoms with Gasteiger partial charge in [0, 0.05) is 6.54 Å². The molecule has 9 heteroatoms. The zero-order chi connectivity index (χ0) is 13.9. The molecule has 0 saturated carbocycles. The van der Waals surface area contributed by atoms with Crippen LogP contribution in [0.1, 0.15) is 5.56 Å². The lowest BCUT2D eigenvalue weighted by atomic mass is 10.1. The Morgan fingerprint density at radius 2 is 1.95 bits per heavy atom. The van der Waals surface area contributed by atoms with E-state index in [1.54, 1.807) is 12.1 Å². The van der Waals surface area contributed by atoms with Crippen molar-refractivity contribution in [2.45, 2.75) is 11.3 Å². The number of aromatic amines is 1. The lowest BCUT2D eigenvalue weighted by molar-refractivity contribution is 0.598. The monoisotopic (exact) mass is 282 g/mol. The fourth-order valence-electron chi connectivity index (χ4n) is 1.52. The average molecular weight is 282 g/mol. The topological polar surface area (TPSA) is 140 Å². The normalized spacial score (nSPS) is 11.4. The predicted molar refractivity (Wildman–Crippen MR) is 70.8 cm³/mol. The van der Waals surface area contributed by atoms with Crippen LogP contribution < -0.4 is 16.2 Å². The van der Waals surface area contributed by atoms with E-state index in [0.717, 1.165) is 5.56 Å². The molecule has 0 aliphatic rings. The summed E-state index contributed by atoms with van der Waals surface area (Å²) in [5.41, 5.74) is 6.36. The number of nitrogens with two attached hydrogens (primary N) is 2. The number of hydrogen-bond donors (Lipinski definition) is 4. The summed E-state index contributed by atoms with van der Waals surface area (Å²) in [6, 6.07) is 6.40. The highest BCUT2D eigenvalue weighted by molar-refractivity contribution is 7.89. The molecule has 0 aliphatic heterocycles. The average Bonchev–Trinajstić information content (AvgIpc) is 2.75. The molecular formula is C10H14N6O2S. The molecule has 0 spiro atoms. The van der Waals surface area contributed by atoms with Crippen molar-refractivity contribution in [3.05, 3.63) is 29.8 Å². The largest absolute Gasteiger partial charge is 0.368 e. The van der Waals surface area contributed by atoms with Gasteiger partial charge in [-0.25, -0.2) is 18.7 Å². The van der Waals surface area contributed by atoms with Gasteiger partial charge in [-0.3, -0.25) is 0 Å². The van der Waals surface area contributed by atoms with Crippen molar-refractivity contribution in [2.75, 3.05) is 17.6 Å². The molecule has 2 aromatic rings. The van der Waals surface area contributed by atoms with E-state index in [-0.39, 0.29) is 10.8 Å². The predicted octanol–water partition coefficient (Wildman–Crippen LogP) is -0.311. The smallest absolute Gasteiger partial charge is 0.243 e. The first-order valence-corrected chi connectivity index (χ1v) is 7.03. The fourth-order valence-corrected chi connectivity index (χ4v) is 2.03. The van der Waals surface area contributed by atoms with E-state index in [9.17, 15) is 8.42 Å². The van der Waals surface area contributed by atoms with Crippen molar-refractivity contribution < 1.29 is 8.42 Å². The minimum Gasteiger partial charge on any atom is -0.368 e. The minimum absolute atomic E-state index is 0.103. The Bertz CT molecular complexity index is 649. The van der Waals surface area contributed by atoms with Crippen LogP contribution in [0, 0.1) is 0 Å². The van der Waals surface area contributed by atoms with Gasteiger partial charge in [0.05, 0.1) is 4.90 Å². The molecule has 1 aromatic heterocycles. The van der Waals surface area contributed by atoms with Gasteiger partial charge < -0.3 is 11.1 Å². The highest BCUT2D eigenvalue weighted by Crippen LogP contribution is 2.09. The summed E-state index contributed by atoms with van der Waals surface area (Å²) in [4.78, 5) is 4.00. The first kappa shape index (κ1) is 13.3. The second-order valence-electron chi connectivity index (χ2n) is 3.91. The molecule has 19 heavy (non-hydrogen) atoms. The van der Waals surface area contributed by atoms with Gasteiger partial charge in [0.1, 0.15) is 0 Å². The zero-order valence-corrected chi connectivity index (χ0v) is 10.8. The second kappa shape index (κ2) is 5.24. The van der Waals surface area contributed by atoms with Crippen LogP contribution in [0.25, 0.3) is 0 Å². The molecule has 0 atom stereocenters. The van der Waals surface area contributed by atoms with E-state index < -0.39 is 10.0 Å². The molecule has 0 saturated heterocycles. The van der Waals surface area contributed by atoms with E-state index >= 15 is 0 Å². The number of aromatic nitrogens is 3. The molecule has 0 unspecified atom stereocenters. The number of rotatable bonds is 5. The van der Waals surface area contributed by atoms with Crippen molar-refractivity contribution >= 4 is 21.9 Å². The van der Waals surface area contributed by atoms with E-state index in [2.05, 4.69) is 20.5 Å². The molecule has 0 fully saturated rings. The van der Waals surface area contributed by atoms with Crippen molar-refractivity contribution in [1.29, 1.82) is 0 Å². The Morgan fingerprint density at radius 3 is 2.47 bits per heavy atom. The Morgan fingerprint density at radius 1 is 1.26 bits per heavy atom. The third-order valence-corrected chi connectivity index (χ3v) is 3.38. The van der Waals surface area contributed by atoms with Gasteiger partial charge >= 0.3 is 0 Å². The molecule has 0 radical (unpaired) electrons. The molecule has 102 valence electrons. The van der Waals surface area contributed by atoms with Gasteiger partial charge in [-0.1, -0.05) is 12.1 Å². The summed E-state index contributed by atoms with van der Waals surface area (Å²) < 4.78 is 22.2. The van der Waals surface area contributed by atoms with E-state index in [0.29, 0.717) is 18.9 Å². The number of benzene rings is 1. The van der Waals surface area contributed by atoms with Crippen molar-refractivity contribution in [2.24, 2.45) is 5.14 Å². The van der Waals surface area contributed by atoms with Crippen molar-refractivity contribution in [3.63, 3.8) is 0 Å². The molecular weight excluding hydrogens is 268 g/mol. The maximum atomic E-state index is 11.1. The van der Waals surface area contributed by atoms with Gasteiger partial charge in [-0.2, -0.15) is 4.98 Å². The molecule has 8 nitrogen and oxygen atoms in total. The molecule has 0 bridgehead atoms. The van der Waals surface area contributed by atoms with Crippen LogP contribution in [0.15, 0.2) is 29.2 Å². The van der Waals surface area contributed by atoms with E-state index in [4.69, 9.17) is 10.9 Å². The first-order valence-electron chi connectivity index (χ1n) is 5.48. The number of sulfonamides is 1. The third kappa shape index (κ3) is 3.66. The fraction of sp³-hybridized carbons (Fsp3) is 0.200. The molecule has 0 amide bonds. The SMILES string of the molecule is Nc1nc(NCCc2ccc(S(N)(=O)=O)cc2)n[nH]1. The molecule has 1 heterocycles. The number of nitrogens with one attached hydrogen (secondary N) is 2. The zero-order valence-electron chi connectivity index (χ0n) is 10.00. The third-order valence-electron chi connectivity index (χ3n) is 2.45. The Hall–Kier alpha value is -2.13. The number of anilines is 2. The standard InChI is InChI=1S/C10H14N6O2S/c11-9-14-10(16-15-9)13-6-5-7-1-3-8(4-2-7)19(12,17)18/h1-4H,5-6H2,(H2,12,17,18)(H4,11,13,14,15,16). The van der Waals surface area contributed by atoms with E-state index in [1.165, 1.54) is 12.1 Å². The van der Waals surface area contributed by atoms with Crippen LogP contribution >= 0.6 is 0 Å². The first-order chi connectivity index (χ1) is 8.95. The Balaban J connectivity index is 1.90. The summed E-state index contributed by atoms with van der Waals surface area (Å²) in [6.07, 6.45) is 0.694. The summed E-state index contributed by atoms with van der Waals surface area (Å²) in [5.74, 6) is 0.679. The van der Waals surface area contributed by atoms with Crippen LogP contribution in [0.4, 0.5) is 11.9 Å². The minimum atomic E-state index is -3.63.